The van der Waals surface area contributed by atoms with Crippen molar-refractivity contribution >= 4 is 41.2 Å². The van der Waals surface area contributed by atoms with E-state index in [-0.39, 0.29) is 24.0 Å². The Kier molecular flexibility index (Phi) is 6.45. The number of urea groups is 1. The smallest absolute Gasteiger partial charge is 0.335 e. The molecule has 2 aliphatic rings. The van der Waals surface area contributed by atoms with Crippen LogP contribution in [0.25, 0.3) is 6.08 Å². The van der Waals surface area contributed by atoms with Gasteiger partial charge in [0.05, 0.1) is 17.8 Å². The SMILES string of the molecule is COc1cc(/C=C2\C(=O)NC(=O)N(c3ccc(C)cc3)C2=O)cc(Cl)c1OCc1ccc2c(c1)OCO2. The minimum absolute atomic E-state index is 0.174. The highest BCUT2D eigenvalue weighted by Gasteiger charge is 2.36. The molecule has 10 heteroatoms. The molecule has 0 aromatic heterocycles. The number of benzene rings is 3. The van der Waals surface area contributed by atoms with Crippen LogP contribution in [-0.4, -0.2) is 31.7 Å². The van der Waals surface area contributed by atoms with E-state index in [0.717, 1.165) is 16.0 Å². The van der Waals surface area contributed by atoms with Gasteiger partial charge in [-0.05, 0) is 60.5 Å². The van der Waals surface area contributed by atoms with Gasteiger partial charge in [0.2, 0.25) is 6.79 Å². The zero-order valence-electron chi connectivity index (χ0n) is 19.9. The number of imide groups is 2. The minimum atomic E-state index is -0.820. The van der Waals surface area contributed by atoms with Crippen LogP contribution in [0.2, 0.25) is 5.02 Å². The molecule has 0 radical (unpaired) electrons. The van der Waals surface area contributed by atoms with E-state index in [9.17, 15) is 14.4 Å². The Morgan fingerprint density at radius 2 is 1.78 bits per heavy atom. The predicted octanol–water partition coefficient (Wildman–Crippen LogP) is 4.63. The summed E-state index contributed by atoms with van der Waals surface area (Å²) in [6.07, 6.45) is 1.35. The molecule has 0 bridgehead atoms. The fourth-order valence-electron chi connectivity index (χ4n) is 3.90. The Morgan fingerprint density at radius 1 is 1.03 bits per heavy atom. The Morgan fingerprint density at radius 3 is 2.54 bits per heavy atom. The van der Waals surface area contributed by atoms with Gasteiger partial charge in [0.15, 0.2) is 23.0 Å². The van der Waals surface area contributed by atoms with Gasteiger partial charge in [-0.15, -0.1) is 0 Å². The fourth-order valence-corrected chi connectivity index (χ4v) is 4.18. The number of carbonyl (C=O) groups excluding carboxylic acids is 3. The zero-order chi connectivity index (χ0) is 26.1. The monoisotopic (exact) mass is 520 g/mol. The summed E-state index contributed by atoms with van der Waals surface area (Å²) >= 11 is 6.50. The first-order chi connectivity index (χ1) is 17.8. The third kappa shape index (κ3) is 4.81. The second kappa shape index (κ2) is 9.87. The number of ether oxygens (including phenoxy) is 4. The van der Waals surface area contributed by atoms with Gasteiger partial charge >= 0.3 is 6.03 Å². The quantitative estimate of drug-likeness (QED) is 0.373. The van der Waals surface area contributed by atoms with Crippen LogP contribution in [0, 0.1) is 6.92 Å². The first kappa shape index (κ1) is 24.2. The molecule has 3 aromatic carbocycles. The number of carbonyl (C=O) groups is 3. The maximum Gasteiger partial charge on any atom is 0.335 e. The fraction of sp³-hybridized carbons (Fsp3) is 0.148. The summed E-state index contributed by atoms with van der Waals surface area (Å²) in [6.45, 7) is 2.24. The number of nitrogens with one attached hydrogen (secondary N) is 1. The van der Waals surface area contributed by atoms with Crippen molar-refractivity contribution in [1.82, 2.24) is 5.32 Å². The van der Waals surface area contributed by atoms with Crippen LogP contribution in [-0.2, 0) is 16.2 Å². The Labute approximate surface area is 217 Å². The lowest BCUT2D eigenvalue weighted by molar-refractivity contribution is -0.122. The molecule has 1 fully saturated rings. The van der Waals surface area contributed by atoms with Crippen LogP contribution in [0.3, 0.4) is 0 Å². The van der Waals surface area contributed by atoms with E-state index in [1.165, 1.54) is 13.2 Å². The summed E-state index contributed by atoms with van der Waals surface area (Å²) in [4.78, 5) is 39.0. The zero-order valence-corrected chi connectivity index (χ0v) is 20.6. The van der Waals surface area contributed by atoms with Crippen molar-refractivity contribution < 1.29 is 33.3 Å². The molecule has 188 valence electrons. The number of fused-ring (bicyclic) bond motifs is 1. The maximum absolute atomic E-state index is 13.2. The third-order valence-corrected chi connectivity index (χ3v) is 6.06. The molecule has 1 N–H and O–H groups in total. The van der Waals surface area contributed by atoms with Gasteiger partial charge in [-0.25, -0.2) is 9.69 Å². The van der Waals surface area contributed by atoms with Gasteiger partial charge in [0, 0.05) is 0 Å². The Bertz CT molecular complexity index is 1450. The average Bonchev–Trinajstić information content (AvgIpc) is 3.34. The number of hydrogen-bond acceptors (Lipinski definition) is 7. The van der Waals surface area contributed by atoms with Crippen LogP contribution in [0.15, 0.2) is 60.2 Å². The van der Waals surface area contributed by atoms with Crippen LogP contribution >= 0.6 is 11.6 Å². The van der Waals surface area contributed by atoms with Crippen LogP contribution in [0.1, 0.15) is 16.7 Å². The lowest BCUT2D eigenvalue weighted by Crippen LogP contribution is -2.54. The predicted molar refractivity (Wildman–Crippen MR) is 135 cm³/mol. The number of anilines is 1. The summed E-state index contributed by atoms with van der Waals surface area (Å²) in [5.41, 5.74) is 2.32. The van der Waals surface area contributed by atoms with Crippen molar-refractivity contribution in [2.75, 3.05) is 18.8 Å². The maximum atomic E-state index is 13.2. The molecular formula is C27H21ClN2O7. The normalized spacial score (nSPS) is 15.7. The molecular weight excluding hydrogens is 500 g/mol. The van der Waals surface area contributed by atoms with Crippen molar-refractivity contribution in [2.45, 2.75) is 13.5 Å². The number of rotatable bonds is 6. The number of halogens is 1. The molecule has 0 atom stereocenters. The third-order valence-electron chi connectivity index (χ3n) is 5.78. The van der Waals surface area contributed by atoms with Crippen molar-refractivity contribution in [2.24, 2.45) is 0 Å². The lowest BCUT2D eigenvalue weighted by Gasteiger charge is -2.26. The van der Waals surface area contributed by atoms with Crippen molar-refractivity contribution in [3.05, 3.63) is 81.9 Å². The second-order valence-corrected chi connectivity index (χ2v) is 8.71. The molecule has 4 amide bonds. The number of hydrogen-bond donors (Lipinski definition) is 1. The number of nitrogens with zero attached hydrogens (tertiary/aromatic N) is 1. The van der Waals surface area contributed by atoms with Crippen molar-refractivity contribution in [3.8, 4) is 23.0 Å². The van der Waals surface area contributed by atoms with Crippen LogP contribution in [0.5, 0.6) is 23.0 Å². The molecule has 0 spiro atoms. The summed E-state index contributed by atoms with van der Waals surface area (Å²) in [7, 11) is 1.45. The number of amides is 4. The van der Waals surface area contributed by atoms with Gasteiger partial charge < -0.3 is 18.9 Å². The van der Waals surface area contributed by atoms with Crippen molar-refractivity contribution in [3.63, 3.8) is 0 Å². The average molecular weight is 521 g/mol. The highest BCUT2D eigenvalue weighted by molar-refractivity contribution is 6.39. The van der Waals surface area contributed by atoms with Gasteiger partial charge in [-0.2, -0.15) is 0 Å². The van der Waals surface area contributed by atoms with E-state index in [0.29, 0.717) is 34.2 Å². The van der Waals surface area contributed by atoms with Crippen molar-refractivity contribution in [1.29, 1.82) is 0 Å². The highest BCUT2D eigenvalue weighted by atomic mass is 35.5. The number of aryl methyl sites for hydroxylation is 1. The molecule has 9 nitrogen and oxygen atoms in total. The molecule has 0 aliphatic carbocycles. The number of barbiturate groups is 1. The van der Waals surface area contributed by atoms with Gasteiger partial charge in [0.25, 0.3) is 11.8 Å². The molecule has 37 heavy (non-hydrogen) atoms. The molecule has 2 aliphatic heterocycles. The van der Waals surface area contributed by atoms with E-state index in [2.05, 4.69) is 5.32 Å². The Balaban J connectivity index is 1.41. The minimum Gasteiger partial charge on any atom is -0.493 e. The largest absolute Gasteiger partial charge is 0.493 e. The van der Waals surface area contributed by atoms with E-state index in [1.54, 1.807) is 42.5 Å². The van der Waals surface area contributed by atoms with Gasteiger partial charge in [-0.3, -0.25) is 14.9 Å². The lowest BCUT2D eigenvalue weighted by atomic mass is 10.1. The molecule has 3 aromatic rings. The summed E-state index contributed by atoms with van der Waals surface area (Å²) < 4.78 is 22.1. The topological polar surface area (TPSA) is 103 Å². The highest BCUT2D eigenvalue weighted by Crippen LogP contribution is 2.39. The standard InChI is InChI=1S/C27H21ClN2O7/c1-15-3-6-18(7-4-15)30-26(32)19(25(31)29-27(30)33)9-17-10-20(28)24(23(12-17)34-2)35-13-16-5-8-21-22(11-16)37-14-36-21/h3-12H,13-14H2,1-2H3,(H,29,31,33)/b19-9+. The second-order valence-electron chi connectivity index (χ2n) is 8.30. The first-order valence-corrected chi connectivity index (χ1v) is 11.6. The summed E-state index contributed by atoms with van der Waals surface area (Å²) in [5.74, 6) is 0.331. The van der Waals surface area contributed by atoms with Gasteiger partial charge in [-0.1, -0.05) is 35.4 Å². The van der Waals surface area contributed by atoms with E-state index < -0.39 is 17.8 Å². The van der Waals surface area contributed by atoms with Crippen LogP contribution in [0.4, 0.5) is 10.5 Å². The molecule has 1 saturated heterocycles. The van der Waals surface area contributed by atoms with E-state index in [4.69, 9.17) is 30.5 Å². The molecule has 5 rings (SSSR count). The van der Waals surface area contributed by atoms with E-state index >= 15 is 0 Å². The molecule has 2 heterocycles. The first-order valence-electron chi connectivity index (χ1n) is 11.2. The molecule has 0 saturated carbocycles. The number of methoxy groups -OCH3 is 1. The summed E-state index contributed by atoms with van der Waals surface area (Å²) in [6, 6.07) is 14.6. The van der Waals surface area contributed by atoms with E-state index in [1.807, 2.05) is 19.1 Å². The van der Waals surface area contributed by atoms with Crippen LogP contribution < -0.4 is 29.2 Å². The molecule has 0 unspecified atom stereocenters. The Hall–Kier alpha value is -4.50. The van der Waals surface area contributed by atoms with Gasteiger partial charge in [0.1, 0.15) is 12.2 Å². The summed E-state index contributed by atoms with van der Waals surface area (Å²) in [5, 5.41) is 2.42.